The third-order valence-corrected chi connectivity index (χ3v) is 3.96. The molecule has 148 valence electrons. The molecule has 6 N–H and O–H groups in total. The fraction of sp³-hybridized carbons (Fsp3) is 0.579. The number of nitrogens with zero attached hydrogens (tertiary/aromatic N) is 1. The molecule has 0 aromatic carbocycles. The van der Waals surface area contributed by atoms with E-state index in [1.165, 1.54) is 11.1 Å². The predicted octanol–water partition coefficient (Wildman–Crippen LogP) is 2.81. The Morgan fingerprint density at radius 2 is 1.65 bits per heavy atom. The summed E-state index contributed by atoms with van der Waals surface area (Å²) in [7, 11) is 0. The number of hydrogen-bond acceptors (Lipinski definition) is 5. The number of allylic oxidation sites excluding steroid dienone is 5. The number of esters is 1. The van der Waals surface area contributed by atoms with Gasteiger partial charge in [-0.2, -0.15) is 12.6 Å². The molecule has 2 atom stereocenters. The molecule has 0 amide bonds. The summed E-state index contributed by atoms with van der Waals surface area (Å²) in [6, 6.07) is -0.810. The molecule has 0 aromatic heterocycles. The molecule has 1 unspecified atom stereocenters. The highest BCUT2D eigenvalue weighted by Crippen LogP contribution is 2.13. The normalized spacial score (nSPS) is 14.4. The monoisotopic (exact) mass is 382 g/mol. The Hall–Kier alpha value is -1.73. The molecular weight excluding hydrogens is 348 g/mol. The fourth-order valence-electron chi connectivity index (χ4n) is 2.09. The molecule has 0 heterocycles. The van der Waals surface area contributed by atoms with E-state index in [9.17, 15) is 4.79 Å². The Labute approximate surface area is 163 Å². The molecule has 0 radical (unpaired) electrons. The van der Waals surface area contributed by atoms with Crippen molar-refractivity contribution in [3.05, 3.63) is 34.9 Å². The van der Waals surface area contributed by atoms with Crippen molar-refractivity contribution in [2.24, 2.45) is 22.2 Å². The Balaban J connectivity index is 4.71. The van der Waals surface area contributed by atoms with Crippen LogP contribution >= 0.6 is 12.6 Å². The zero-order valence-corrected chi connectivity index (χ0v) is 17.3. The molecule has 6 nitrogen and oxygen atoms in total. The lowest BCUT2D eigenvalue weighted by Gasteiger charge is -2.14. The van der Waals surface area contributed by atoms with Gasteiger partial charge in [-0.05, 0) is 59.5 Å². The summed E-state index contributed by atoms with van der Waals surface area (Å²) in [6.07, 6.45) is 9.18. The first-order chi connectivity index (χ1) is 12.1. The van der Waals surface area contributed by atoms with Crippen LogP contribution in [0.2, 0.25) is 0 Å². The molecule has 0 saturated heterocycles. The number of ether oxygens (including phenoxy) is 1. The van der Waals surface area contributed by atoms with Gasteiger partial charge in [-0.1, -0.05) is 28.9 Å². The van der Waals surface area contributed by atoms with Gasteiger partial charge in [0, 0.05) is 5.75 Å². The molecule has 0 spiro atoms. The van der Waals surface area contributed by atoms with Gasteiger partial charge in [0.05, 0.1) is 0 Å². The molecule has 0 saturated carbocycles. The number of carbonyl (C=O) groups is 1. The van der Waals surface area contributed by atoms with Gasteiger partial charge in [0.2, 0.25) is 6.23 Å². The van der Waals surface area contributed by atoms with Crippen LogP contribution < -0.4 is 17.2 Å². The van der Waals surface area contributed by atoms with E-state index >= 15 is 0 Å². The van der Waals surface area contributed by atoms with Gasteiger partial charge in [-0.3, -0.25) is 4.79 Å². The van der Waals surface area contributed by atoms with Gasteiger partial charge in [-0.15, -0.1) is 0 Å². The molecule has 7 heteroatoms. The largest absolute Gasteiger partial charge is 0.435 e. The van der Waals surface area contributed by atoms with Crippen LogP contribution in [-0.4, -0.2) is 30.0 Å². The van der Waals surface area contributed by atoms with Crippen molar-refractivity contribution >= 4 is 24.6 Å². The maximum atomic E-state index is 11.8. The Morgan fingerprint density at radius 3 is 2.19 bits per heavy atom. The van der Waals surface area contributed by atoms with Gasteiger partial charge in [0.1, 0.15) is 6.04 Å². The SMILES string of the molecule is CC(C)=CCCC(C)=CCCC(C)=CC(N=C(N)N)OC(=O)[C@@H](N)CS. The van der Waals surface area contributed by atoms with Crippen molar-refractivity contribution in [2.45, 2.75) is 65.6 Å². The summed E-state index contributed by atoms with van der Waals surface area (Å²) >= 11 is 3.98. The minimum absolute atomic E-state index is 0.152. The number of aliphatic imine (C=N–C) groups is 1. The van der Waals surface area contributed by atoms with Crippen LogP contribution in [0.15, 0.2) is 39.9 Å². The van der Waals surface area contributed by atoms with Gasteiger partial charge < -0.3 is 21.9 Å². The van der Waals surface area contributed by atoms with Gasteiger partial charge in [0.15, 0.2) is 5.96 Å². The number of hydrogen-bond donors (Lipinski definition) is 4. The van der Waals surface area contributed by atoms with Crippen LogP contribution in [0.25, 0.3) is 0 Å². The lowest BCUT2D eigenvalue weighted by Crippen LogP contribution is -2.36. The molecule has 0 aliphatic carbocycles. The first-order valence-corrected chi connectivity index (χ1v) is 9.41. The topological polar surface area (TPSA) is 117 Å². The lowest BCUT2D eigenvalue weighted by atomic mass is 10.1. The van der Waals surface area contributed by atoms with Crippen molar-refractivity contribution in [3.8, 4) is 0 Å². The van der Waals surface area contributed by atoms with Gasteiger partial charge >= 0.3 is 5.97 Å². The van der Waals surface area contributed by atoms with Crippen molar-refractivity contribution in [1.82, 2.24) is 0 Å². The van der Waals surface area contributed by atoms with Crippen LogP contribution in [0.4, 0.5) is 0 Å². The number of rotatable bonds is 11. The maximum absolute atomic E-state index is 11.8. The second-order valence-electron chi connectivity index (χ2n) is 6.59. The molecule has 26 heavy (non-hydrogen) atoms. The predicted molar refractivity (Wildman–Crippen MR) is 113 cm³/mol. The number of carbonyl (C=O) groups excluding carboxylic acids is 1. The zero-order chi connectivity index (χ0) is 20.1. The van der Waals surface area contributed by atoms with Crippen molar-refractivity contribution < 1.29 is 9.53 Å². The molecule has 0 rings (SSSR count). The standard InChI is InChI=1S/C19H34N4O2S/c1-13(2)7-5-8-14(3)9-6-10-15(4)11-17(23-19(21)22)25-18(24)16(20)12-26/h7,9,11,16-17,26H,5-6,8,10,12,20H2,1-4H3,(H4,21,22,23)/t16-,17?/m0/s1. The summed E-state index contributed by atoms with van der Waals surface area (Å²) in [6.45, 7) is 8.31. The fourth-order valence-corrected chi connectivity index (χ4v) is 2.24. The first kappa shape index (κ1) is 24.3. The van der Waals surface area contributed by atoms with Gasteiger partial charge in [0.25, 0.3) is 0 Å². The van der Waals surface area contributed by atoms with E-state index in [-0.39, 0.29) is 11.7 Å². The minimum Gasteiger partial charge on any atom is -0.435 e. The first-order valence-electron chi connectivity index (χ1n) is 8.77. The van der Waals surface area contributed by atoms with Crippen LogP contribution in [-0.2, 0) is 9.53 Å². The summed E-state index contributed by atoms with van der Waals surface area (Å²) in [5.41, 5.74) is 20.2. The van der Waals surface area contributed by atoms with Crippen LogP contribution in [0.5, 0.6) is 0 Å². The highest BCUT2D eigenvalue weighted by atomic mass is 32.1. The molecule has 0 aliphatic rings. The highest BCUT2D eigenvalue weighted by Gasteiger charge is 2.17. The smallest absolute Gasteiger partial charge is 0.325 e. The van der Waals surface area contributed by atoms with Crippen molar-refractivity contribution in [3.63, 3.8) is 0 Å². The van der Waals surface area contributed by atoms with Crippen LogP contribution in [0, 0.1) is 0 Å². The molecule has 0 aromatic rings. The van der Waals surface area contributed by atoms with E-state index in [1.54, 1.807) is 6.08 Å². The second kappa shape index (κ2) is 13.5. The molecular formula is C19H34N4O2S. The minimum atomic E-state index is -0.874. The van der Waals surface area contributed by atoms with Crippen molar-refractivity contribution in [1.29, 1.82) is 0 Å². The van der Waals surface area contributed by atoms with E-state index in [0.717, 1.165) is 31.3 Å². The van der Waals surface area contributed by atoms with Crippen LogP contribution in [0.1, 0.15) is 53.4 Å². The van der Waals surface area contributed by atoms with Gasteiger partial charge in [-0.25, -0.2) is 4.99 Å². The average Bonchev–Trinajstić information content (AvgIpc) is 2.52. The second-order valence-corrected chi connectivity index (χ2v) is 6.96. The summed E-state index contributed by atoms with van der Waals surface area (Å²) in [4.78, 5) is 15.7. The third kappa shape index (κ3) is 12.6. The average molecular weight is 383 g/mol. The molecule has 0 fully saturated rings. The summed E-state index contributed by atoms with van der Waals surface area (Å²) in [5.74, 6) is -0.553. The quantitative estimate of drug-likeness (QED) is 0.144. The number of thiol groups is 1. The van der Waals surface area contributed by atoms with Crippen molar-refractivity contribution in [2.75, 3.05) is 5.75 Å². The van der Waals surface area contributed by atoms with E-state index < -0.39 is 18.2 Å². The van der Waals surface area contributed by atoms with E-state index in [4.69, 9.17) is 21.9 Å². The number of guanidine groups is 1. The highest BCUT2D eigenvalue weighted by molar-refractivity contribution is 7.80. The molecule has 0 bridgehead atoms. The Kier molecular flexibility index (Phi) is 12.6. The Bertz CT molecular complexity index is 560. The Morgan fingerprint density at radius 1 is 1.08 bits per heavy atom. The van der Waals surface area contributed by atoms with E-state index in [2.05, 4.69) is 50.5 Å². The lowest BCUT2D eigenvalue weighted by molar-refractivity contribution is -0.147. The summed E-state index contributed by atoms with van der Waals surface area (Å²) < 4.78 is 5.23. The third-order valence-electron chi connectivity index (χ3n) is 3.56. The summed E-state index contributed by atoms with van der Waals surface area (Å²) in [5, 5.41) is 0. The number of nitrogens with two attached hydrogens (primary N) is 3. The maximum Gasteiger partial charge on any atom is 0.325 e. The van der Waals surface area contributed by atoms with E-state index in [0.29, 0.717) is 0 Å². The zero-order valence-electron chi connectivity index (χ0n) is 16.4. The molecule has 0 aliphatic heterocycles. The van der Waals surface area contributed by atoms with E-state index in [1.807, 2.05) is 6.92 Å². The van der Waals surface area contributed by atoms with Crippen LogP contribution in [0.3, 0.4) is 0 Å².